The van der Waals surface area contributed by atoms with E-state index in [1.165, 1.54) is 6.07 Å². The fourth-order valence-corrected chi connectivity index (χ4v) is 3.05. The van der Waals surface area contributed by atoms with E-state index < -0.39 is 17.9 Å². The molecule has 2 aliphatic heterocycles. The number of rotatable bonds is 6. The average molecular weight is 333 g/mol. The van der Waals surface area contributed by atoms with Crippen LogP contribution in [0.15, 0.2) is 35.5 Å². The summed E-state index contributed by atoms with van der Waals surface area (Å²) in [6, 6.07) is 4.98. The molecule has 0 saturated heterocycles. The molecule has 2 N–H and O–H groups in total. The summed E-state index contributed by atoms with van der Waals surface area (Å²) in [5.41, 5.74) is 1.26. The minimum atomic E-state index is -0.764. The van der Waals surface area contributed by atoms with Crippen molar-refractivity contribution in [1.82, 2.24) is 15.5 Å². The van der Waals surface area contributed by atoms with E-state index >= 15 is 0 Å². The van der Waals surface area contributed by atoms with Crippen LogP contribution >= 0.6 is 0 Å². The van der Waals surface area contributed by atoms with E-state index in [1.54, 1.807) is 23.1 Å². The van der Waals surface area contributed by atoms with E-state index in [2.05, 4.69) is 10.6 Å². The van der Waals surface area contributed by atoms with E-state index in [9.17, 15) is 14.0 Å². The third kappa shape index (κ3) is 3.12. The Balaban J connectivity index is 1.80. The monoisotopic (exact) mass is 333 g/mol. The van der Waals surface area contributed by atoms with Crippen LogP contribution in [0.1, 0.15) is 24.9 Å². The molecule has 0 saturated carbocycles. The number of ether oxygens (including phenoxy) is 1. The molecule has 0 spiro atoms. The molecule has 3 amide bonds. The van der Waals surface area contributed by atoms with Gasteiger partial charge in [-0.05, 0) is 19.4 Å². The van der Waals surface area contributed by atoms with Crippen LogP contribution in [0.2, 0.25) is 0 Å². The van der Waals surface area contributed by atoms with E-state index in [-0.39, 0.29) is 5.91 Å². The SMILES string of the molecule is CCOCCCN1CC2=C(C1=O)C(c1ccccc1F)NC(=O)N2. The molecule has 0 aliphatic carbocycles. The summed E-state index contributed by atoms with van der Waals surface area (Å²) in [6.07, 6.45) is 0.714. The summed E-state index contributed by atoms with van der Waals surface area (Å²) >= 11 is 0. The van der Waals surface area contributed by atoms with Gasteiger partial charge in [0, 0.05) is 25.3 Å². The average Bonchev–Trinajstić information content (AvgIpc) is 2.87. The molecule has 7 heteroatoms. The zero-order valence-electron chi connectivity index (χ0n) is 13.5. The van der Waals surface area contributed by atoms with Gasteiger partial charge in [0.1, 0.15) is 5.82 Å². The Kier molecular flexibility index (Phi) is 4.80. The van der Waals surface area contributed by atoms with Crippen molar-refractivity contribution in [3.63, 3.8) is 0 Å². The van der Waals surface area contributed by atoms with Crippen molar-refractivity contribution in [3.05, 3.63) is 46.9 Å². The zero-order valence-corrected chi connectivity index (χ0v) is 13.5. The lowest BCUT2D eigenvalue weighted by Crippen LogP contribution is -2.44. The third-order valence-corrected chi connectivity index (χ3v) is 4.16. The van der Waals surface area contributed by atoms with Crippen molar-refractivity contribution in [3.8, 4) is 0 Å². The maximum Gasteiger partial charge on any atom is 0.319 e. The highest BCUT2D eigenvalue weighted by atomic mass is 19.1. The van der Waals surface area contributed by atoms with Gasteiger partial charge in [-0.1, -0.05) is 18.2 Å². The number of amides is 3. The van der Waals surface area contributed by atoms with Crippen molar-refractivity contribution in [2.24, 2.45) is 0 Å². The minimum absolute atomic E-state index is 0.178. The van der Waals surface area contributed by atoms with Gasteiger partial charge >= 0.3 is 6.03 Å². The van der Waals surface area contributed by atoms with E-state index in [0.29, 0.717) is 49.6 Å². The van der Waals surface area contributed by atoms with Gasteiger partial charge in [0.05, 0.1) is 23.9 Å². The highest BCUT2D eigenvalue weighted by molar-refractivity contribution is 6.01. The van der Waals surface area contributed by atoms with Gasteiger partial charge in [-0.25, -0.2) is 9.18 Å². The summed E-state index contributed by atoms with van der Waals surface area (Å²) in [4.78, 5) is 26.3. The highest BCUT2D eigenvalue weighted by Crippen LogP contribution is 2.33. The van der Waals surface area contributed by atoms with Gasteiger partial charge in [0.25, 0.3) is 5.91 Å². The maximum absolute atomic E-state index is 14.1. The van der Waals surface area contributed by atoms with Crippen molar-refractivity contribution in [1.29, 1.82) is 0 Å². The van der Waals surface area contributed by atoms with Crippen LogP contribution in [-0.4, -0.2) is 43.1 Å². The number of benzene rings is 1. The predicted molar refractivity (Wildman–Crippen MR) is 85.5 cm³/mol. The number of hydrogen-bond donors (Lipinski definition) is 2. The second-order valence-electron chi connectivity index (χ2n) is 5.72. The topological polar surface area (TPSA) is 70.7 Å². The predicted octanol–water partition coefficient (Wildman–Crippen LogP) is 1.70. The van der Waals surface area contributed by atoms with Crippen LogP contribution < -0.4 is 10.6 Å². The molecule has 1 aromatic rings. The van der Waals surface area contributed by atoms with Crippen molar-refractivity contribution >= 4 is 11.9 Å². The molecule has 2 heterocycles. The van der Waals surface area contributed by atoms with Crippen LogP contribution in [0.3, 0.4) is 0 Å². The number of nitrogens with zero attached hydrogens (tertiary/aromatic N) is 1. The Morgan fingerprint density at radius 1 is 1.33 bits per heavy atom. The second-order valence-corrected chi connectivity index (χ2v) is 5.72. The molecule has 3 rings (SSSR count). The number of halogens is 1. The first kappa shape index (κ1) is 16.4. The molecule has 0 bridgehead atoms. The number of carbonyl (C=O) groups is 2. The van der Waals surface area contributed by atoms with E-state index in [0.717, 1.165) is 0 Å². The molecular weight excluding hydrogens is 313 g/mol. The summed E-state index contributed by atoms with van der Waals surface area (Å²) in [5, 5.41) is 5.33. The summed E-state index contributed by atoms with van der Waals surface area (Å²) in [6.45, 7) is 4.00. The molecular formula is C17H20FN3O3. The zero-order chi connectivity index (χ0) is 17.1. The molecule has 128 valence electrons. The molecule has 1 atom stereocenters. The lowest BCUT2D eigenvalue weighted by molar-refractivity contribution is -0.126. The lowest BCUT2D eigenvalue weighted by Gasteiger charge is -2.25. The van der Waals surface area contributed by atoms with Crippen LogP contribution in [-0.2, 0) is 9.53 Å². The van der Waals surface area contributed by atoms with Gasteiger partial charge in [-0.2, -0.15) is 0 Å². The molecule has 24 heavy (non-hydrogen) atoms. The lowest BCUT2D eigenvalue weighted by atomic mass is 9.96. The van der Waals surface area contributed by atoms with E-state index in [4.69, 9.17) is 4.74 Å². The summed E-state index contributed by atoms with van der Waals surface area (Å²) < 4.78 is 19.4. The maximum atomic E-state index is 14.1. The number of urea groups is 1. The van der Waals surface area contributed by atoms with Gasteiger partial charge in [-0.3, -0.25) is 4.79 Å². The summed E-state index contributed by atoms with van der Waals surface area (Å²) in [7, 11) is 0. The largest absolute Gasteiger partial charge is 0.382 e. The van der Waals surface area contributed by atoms with Crippen molar-refractivity contribution in [2.45, 2.75) is 19.4 Å². The first-order chi connectivity index (χ1) is 11.6. The number of nitrogens with one attached hydrogen (secondary N) is 2. The molecule has 1 aromatic carbocycles. The van der Waals surface area contributed by atoms with Crippen LogP contribution in [0.5, 0.6) is 0 Å². The Morgan fingerprint density at radius 3 is 2.88 bits per heavy atom. The molecule has 6 nitrogen and oxygen atoms in total. The number of carbonyl (C=O) groups excluding carboxylic acids is 2. The van der Waals surface area contributed by atoms with Crippen molar-refractivity contribution in [2.75, 3.05) is 26.3 Å². The quantitative estimate of drug-likeness (QED) is 0.779. The van der Waals surface area contributed by atoms with Gasteiger partial charge in [0.2, 0.25) is 0 Å². The van der Waals surface area contributed by atoms with Gasteiger partial charge in [-0.15, -0.1) is 0 Å². The smallest absolute Gasteiger partial charge is 0.319 e. The highest BCUT2D eigenvalue weighted by Gasteiger charge is 2.40. The fourth-order valence-electron chi connectivity index (χ4n) is 3.05. The standard InChI is InChI=1S/C17H20FN3O3/c1-2-24-9-5-8-21-10-13-14(16(21)22)15(20-17(23)19-13)11-6-3-4-7-12(11)18/h3-4,6-7,15H,2,5,8-10H2,1H3,(H2,19,20,23). The molecule has 1 unspecified atom stereocenters. The molecule has 0 fully saturated rings. The molecule has 0 aromatic heterocycles. The Labute approximate surface area is 139 Å². The number of hydrogen-bond acceptors (Lipinski definition) is 3. The Morgan fingerprint density at radius 2 is 2.12 bits per heavy atom. The third-order valence-electron chi connectivity index (χ3n) is 4.16. The van der Waals surface area contributed by atoms with E-state index in [1.807, 2.05) is 6.92 Å². The fraction of sp³-hybridized carbons (Fsp3) is 0.412. The van der Waals surface area contributed by atoms with Gasteiger partial charge in [0.15, 0.2) is 0 Å². The van der Waals surface area contributed by atoms with Gasteiger partial charge < -0.3 is 20.3 Å². The normalized spacial score (nSPS) is 20.1. The van der Waals surface area contributed by atoms with Crippen LogP contribution in [0.25, 0.3) is 0 Å². The van der Waals surface area contributed by atoms with Crippen LogP contribution in [0, 0.1) is 5.82 Å². The van der Waals surface area contributed by atoms with Crippen molar-refractivity contribution < 1.29 is 18.7 Å². The summed E-state index contributed by atoms with van der Waals surface area (Å²) in [5.74, 6) is -0.624. The van der Waals surface area contributed by atoms with Crippen LogP contribution in [0.4, 0.5) is 9.18 Å². The molecule has 0 radical (unpaired) electrons. The first-order valence-electron chi connectivity index (χ1n) is 8.03. The molecule has 2 aliphatic rings. The second kappa shape index (κ2) is 7.00. The Bertz CT molecular complexity index is 689. The first-order valence-corrected chi connectivity index (χ1v) is 8.03. The Hall–Kier alpha value is -2.41. The minimum Gasteiger partial charge on any atom is -0.382 e.